The van der Waals surface area contributed by atoms with Gasteiger partial charge in [0.2, 0.25) is 0 Å². The van der Waals surface area contributed by atoms with Crippen molar-refractivity contribution in [2.75, 3.05) is 0 Å². The Labute approximate surface area is 81.2 Å². The minimum Gasteiger partial charge on any atom is -0.452 e. The molecule has 0 aromatic carbocycles. The van der Waals surface area contributed by atoms with Gasteiger partial charge in [0, 0.05) is 6.92 Å². The Morgan fingerprint density at radius 2 is 2.07 bits per heavy atom. The molecule has 0 aliphatic carbocycles. The van der Waals surface area contributed by atoms with Crippen molar-refractivity contribution in [1.29, 1.82) is 0 Å². The summed E-state index contributed by atoms with van der Waals surface area (Å²) in [6.45, 7) is 1.74. The molecule has 0 amide bonds. The quantitative estimate of drug-likeness (QED) is 0.666. The van der Waals surface area contributed by atoms with Gasteiger partial charge in [0.05, 0.1) is 0 Å². The molecule has 0 unspecified atom stereocenters. The van der Waals surface area contributed by atoms with Crippen LogP contribution in [-0.2, 0) is 15.3 Å². The summed E-state index contributed by atoms with van der Waals surface area (Å²) in [5, 5.41) is 0. The van der Waals surface area contributed by atoms with Crippen molar-refractivity contribution in [2.24, 2.45) is 0 Å². The first kappa shape index (κ1) is 8.74. The molecule has 0 fully saturated rings. The van der Waals surface area contributed by atoms with Gasteiger partial charge in [-0.1, -0.05) is 6.07 Å². The number of aromatic nitrogens is 1. The molecular formula is C10H9NO3. The van der Waals surface area contributed by atoms with Crippen LogP contribution in [-0.4, -0.2) is 11.3 Å². The van der Waals surface area contributed by atoms with E-state index in [0.29, 0.717) is 17.7 Å². The van der Waals surface area contributed by atoms with Gasteiger partial charge in [-0.15, -0.1) is 0 Å². The van der Waals surface area contributed by atoms with E-state index in [4.69, 9.17) is 9.47 Å². The summed E-state index contributed by atoms with van der Waals surface area (Å²) in [5.41, 5.74) is 0.940. The lowest BCUT2D eigenvalue weighted by Gasteiger charge is -2.21. The highest BCUT2D eigenvalue weighted by Crippen LogP contribution is 2.29. The molecule has 0 saturated heterocycles. The molecule has 1 aliphatic heterocycles. The third-order valence-electron chi connectivity index (χ3n) is 2.00. The SMILES string of the molecule is CC1(c2cccc(C=O)n2)OC=CO1. The second-order valence-corrected chi connectivity index (χ2v) is 3.02. The highest BCUT2D eigenvalue weighted by atomic mass is 16.7. The predicted octanol–water partition coefficient (Wildman–Crippen LogP) is 1.58. The third-order valence-corrected chi connectivity index (χ3v) is 2.00. The van der Waals surface area contributed by atoms with E-state index < -0.39 is 5.79 Å². The molecule has 72 valence electrons. The molecule has 0 spiro atoms. The van der Waals surface area contributed by atoms with Crippen LogP contribution in [0, 0.1) is 0 Å². The zero-order chi connectivity index (χ0) is 10.0. The first-order valence-corrected chi connectivity index (χ1v) is 4.18. The largest absolute Gasteiger partial charge is 0.452 e. The van der Waals surface area contributed by atoms with Gasteiger partial charge in [0.25, 0.3) is 5.79 Å². The first-order chi connectivity index (χ1) is 6.74. The highest BCUT2D eigenvalue weighted by molar-refractivity contribution is 5.71. The number of hydrogen-bond acceptors (Lipinski definition) is 4. The van der Waals surface area contributed by atoms with Crippen LogP contribution in [0.25, 0.3) is 0 Å². The Kier molecular flexibility index (Phi) is 1.96. The fourth-order valence-corrected chi connectivity index (χ4v) is 1.23. The van der Waals surface area contributed by atoms with Crippen molar-refractivity contribution >= 4 is 6.29 Å². The second-order valence-electron chi connectivity index (χ2n) is 3.02. The van der Waals surface area contributed by atoms with E-state index in [-0.39, 0.29) is 0 Å². The Morgan fingerprint density at radius 1 is 1.36 bits per heavy atom. The minimum absolute atomic E-state index is 0.364. The Hall–Kier alpha value is -1.84. The molecule has 14 heavy (non-hydrogen) atoms. The molecule has 4 heteroatoms. The van der Waals surface area contributed by atoms with Gasteiger partial charge in [-0.05, 0) is 12.1 Å². The number of rotatable bonds is 2. The molecule has 4 nitrogen and oxygen atoms in total. The topological polar surface area (TPSA) is 48.4 Å². The summed E-state index contributed by atoms with van der Waals surface area (Å²) in [7, 11) is 0. The summed E-state index contributed by atoms with van der Waals surface area (Å²) in [5.74, 6) is -0.904. The molecule has 0 atom stereocenters. The number of aldehydes is 1. The van der Waals surface area contributed by atoms with Crippen molar-refractivity contribution in [3.05, 3.63) is 42.1 Å². The Bertz CT molecular complexity index is 379. The molecule has 2 rings (SSSR count). The normalized spacial score (nSPS) is 17.2. The average Bonchev–Trinajstić information content (AvgIpc) is 2.67. The monoisotopic (exact) mass is 191 g/mol. The van der Waals surface area contributed by atoms with E-state index in [1.165, 1.54) is 12.5 Å². The lowest BCUT2D eigenvalue weighted by atomic mass is 10.2. The van der Waals surface area contributed by atoms with Crippen LogP contribution in [0.5, 0.6) is 0 Å². The highest BCUT2D eigenvalue weighted by Gasteiger charge is 2.33. The van der Waals surface area contributed by atoms with Gasteiger partial charge >= 0.3 is 0 Å². The molecule has 1 aliphatic rings. The van der Waals surface area contributed by atoms with Crippen LogP contribution in [0.15, 0.2) is 30.7 Å². The second kappa shape index (κ2) is 3.14. The number of hydrogen-bond donors (Lipinski definition) is 0. The third kappa shape index (κ3) is 1.35. The predicted molar refractivity (Wildman–Crippen MR) is 48.3 cm³/mol. The maximum atomic E-state index is 10.5. The van der Waals surface area contributed by atoms with E-state index in [9.17, 15) is 4.79 Å². The number of carbonyl (C=O) groups excluding carboxylic acids is 1. The van der Waals surface area contributed by atoms with Gasteiger partial charge in [0.1, 0.15) is 23.9 Å². The fourth-order valence-electron chi connectivity index (χ4n) is 1.23. The molecule has 1 aromatic heterocycles. The fraction of sp³-hybridized carbons (Fsp3) is 0.200. The van der Waals surface area contributed by atoms with Gasteiger partial charge in [-0.2, -0.15) is 0 Å². The Morgan fingerprint density at radius 3 is 2.71 bits per heavy atom. The number of nitrogens with zero attached hydrogens (tertiary/aromatic N) is 1. The van der Waals surface area contributed by atoms with Crippen molar-refractivity contribution < 1.29 is 14.3 Å². The smallest absolute Gasteiger partial charge is 0.290 e. The van der Waals surface area contributed by atoms with Gasteiger partial charge in [-0.25, -0.2) is 4.98 Å². The average molecular weight is 191 g/mol. The molecule has 0 N–H and O–H groups in total. The van der Waals surface area contributed by atoms with Gasteiger partial charge in [0.15, 0.2) is 6.29 Å². The standard InChI is InChI=1S/C10H9NO3/c1-10(13-5-6-14-10)9-4-2-3-8(7-12)11-9/h2-7H,1H3. The van der Waals surface area contributed by atoms with Crippen LogP contribution in [0.3, 0.4) is 0 Å². The van der Waals surface area contributed by atoms with Crippen molar-refractivity contribution in [3.63, 3.8) is 0 Å². The van der Waals surface area contributed by atoms with Crippen LogP contribution < -0.4 is 0 Å². The van der Waals surface area contributed by atoms with Crippen LogP contribution in [0.1, 0.15) is 23.1 Å². The van der Waals surface area contributed by atoms with Crippen LogP contribution in [0.2, 0.25) is 0 Å². The zero-order valence-corrected chi connectivity index (χ0v) is 7.64. The van der Waals surface area contributed by atoms with Crippen molar-refractivity contribution in [1.82, 2.24) is 4.98 Å². The lowest BCUT2D eigenvalue weighted by molar-refractivity contribution is -0.136. The maximum Gasteiger partial charge on any atom is 0.290 e. The van der Waals surface area contributed by atoms with Crippen molar-refractivity contribution in [3.8, 4) is 0 Å². The number of pyridine rings is 1. The molecular weight excluding hydrogens is 182 g/mol. The van der Waals surface area contributed by atoms with Crippen LogP contribution >= 0.6 is 0 Å². The molecule has 0 radical (unpaired) electrons. The van der Waals surface area contributed by atoms with Crippen molar-refractivity contribution in [2.45, 2.75) is 12.7 Å². The van der Waals surface area contributed by atoms with Gasteiger partial charge in [-0.3, -0.25) is 4.79 Å². The minimum atomic E-state index is -0.904. The molecule has 0 bridgehead atoms. The summed E-state index contributed by atoms with van der Waals surface area (Å²) < 4.78 is 10.5. The first-order valence-electron chi connectivity index (χ1n) is 4.18. The molecule has 1 aromatic rings. The summed E-state index contributed by atoms with van der Waals surface area (Å²) in [4.78, 5) is 14.6. The van der Waals surface area contributed by atoms with E-state index in [0.717, 1.165) is 0 Å². The molecule has 2 heterocycles. The summed E-state index contributed by atoms with van der Waals surface area (Å²) in [6, 6.07) is 5.12. The van der Waals surface area contributed by atoms with Crippen LogP contribution in [0.4, 0.5) is 0 Å². The van der Waals surface area contributed by atoms with E-state index in [2.05, 4.69) is 4.98 Å². The van der Waals surface area contributed by atoms with Gasteiger partial charge < -0.3 is 9.47 Å². The van der Waals surface area contributed by atoms with E-state index in [1.54, 1.807) is 25.1 Å². The summed E-state index contributed by atoms with van der Waals surface area (Å²) in [6.07, 6.45) is 3.60. The number of ether oxygens (including phenoxy) is 2. The lowest BCUT2D eigenvalue weighted by Crippen LogP contribution is -2.24. The van der Waals surface area contributed by atoms with E-state index >= 15 is 0 Å². The zero-order valence-electron chi connectivity index (χ0n) is 7.64. The van der Waals surface area contributed by atoms with E-state index in [1.807, 2.05) is 0 Å². The maximum absolute atomic E-state index is 10.5. The number of carbonyl (C=O) groups is 1. The molecule has 0 saturated carbocycles. The summed E-state index contributed by atoms with van der Waals surface area (Å²) >= 11 is 0. The Balaban J connectivity index is 2.36.